The van der Waals surface area contributed by atoms with Gasteiger partial charge in [-0.15, -0.1) is 0 Å². The number of rotatable bonds is 2. The predicted octanol–water partition coefficient (Wildman–Crippen LogP) is 0.0243. The summed E-state index contributed by atoms with van der Waals surface area (Å²) in [4.78, 5) is 20.8. The van der Waals surface area contributed by atoms with Gasteiger partial charge in [-0.2, -0.15) is 0 Å². The molecule has 1 aromatic rings. The number of fused-ring (bicyclic) bond motifs is 1. The van der Waals surface area contributed by atoms with Gasteiger partial charge in [0.1, 0.15) is 6.04 Å². The second-order valence-corrected chi connectivity index (χ2v) is 5.02. The number of imidazole rings is 1. The van der Waals surface area contributed by atoms with E-state index >= 15 is 0 Å². The lowest BCUT2D eigenvalue weighted by molar-refractivity contribution is -0.146. The van der Waals surface area contributed by atoms with Crippen molar-refractivity contribution < 1.29 is 14.6 Å². The number of aromatic amines is 1. The Bertz CT molecular complexity index is 437. The van der Waals surface area contributed by atoms with Crippen molar-refractivity contribution in [3.63, 3.8) is 0 Å². The van der Waals surface area contributed by atoms with Crippen LogP contribution in [0.1, 0.15) is 11.4 Å². The van der Waals surface area contributed by atoms with Crippen LogP contribution in [0.5, 0.6) is 0 Å². The molecule has 92 valence electrons. The van der Waals surface area contributed by atoms with Gasteiger partial charge in [0.05, 0.1) is 18.5 Å². The second-order valence-electron chi connectivity index (χ2n) is 4.00. The van der Waals surface area contributed by atoms with Gasteiger partial charge in [-0.1, -0.05) is 0 Å². The number of carbonyl (C=O) groups excluding carboxylic acids is 1. The van der Waals surface area contributed by atoms with E-state index in [0.717, 1.165) is 15.2 Å². The van der Waals surface area contributed by atoms with Gasteiger partial charge in [0.15, 0.2) is 3.83 Å². The van der Waals surface area contributed by atoms with Crippen molar-refractivity contribution >= 4 is 35.6 Å². The molecule has 2 rings (SSSR count). The molecule has 1 aliphatic rings. The molecule has 0 saturated heterocycles. The number of H-pyrrole nitrogens is 1. The molecule has 0 spiro atoms. The average molecular weight is 349 g/mol. The number of hydrogen-bond donors (Lipinski definition) is 2. The van der Waals surface area contributed by atoms with Gasteiger partial charge in [0.25, 0.3) is 0 Å². The molecule has 2 heterocycles. The van der Waals surface area contributed by atoms with Crippen LogP contribution in [0.2, 0.25) is 6.82 Å². The Balaban J connectivity index is 2.30. The molecule has 8 heteroatoms. The van der Waals surface area contributed by atoms with E-state index in [1.807, 2.05) is 0 Å². The first-order chi connectivity index (χ1) is 8.02. The van der Waals surface area contributed by atoms with Crippen molar-refractivity contribution in [3.05, 3.63) is 15.2 Å². The summed E-state index contributed by atoms with van der Waals surface area (Å²) in [6, 6.07) is -0.466. The number of ether oxygens (including phenoxy) is 1. The third-order valence-corrected chi connectivity index (χ3v) is 3.43. The van der Waals surface area contributed by atoms with Crippen molar-refractivity contribution in [1.29, 1.82) is 0 Å². The van der Waals surface area contributed by atoms with Crippen LogP contribution in [0, 0.1) is 3.83 Å². The average Bonchev–Trinajstić information content (AvgIpc) is 2.65. The van der Waals surface area contributed by atoms with Gasteiger partial charge in [-0.25, -0.2) is 4.98 Å². The molecule has 1 aromatic heterocycles. The minimum atomic E-state index is -0.701. The summed E-state index contributed by atoms with van der Waals surface area (Å²) < 4.78 is 5.56. The number of halogens is 1. The van der Waals surface area contributed by atoms with E-state index in [9.17, 15) is 9.82 Å². The van der Waals surface area contributed by atoms with Crippen molar-refractivity contribution in [2.75, 3.05) is 7.11 Å². The number of aromatic nitrogens is 2. The third kappa shape index (κ3) is 2.48. The van der Waals surface area contributed by atoms with Crippen LogP contribution >= 0.6 is 22.6 Å². The fourth-order valence-electron chi connectivity index (χ4n) is 2.05. The number of hydrogen-bond acceptors (Lipinski definition) is 5. The Kier molecular flexibility index (Phi) is 3.74. The Morgan fingerprint density at radius 2 is 2.47 bits per heavy atom. The van der Waals surface area contributed by atoms with Gasteiger partial charge in [-0.05, 0) is 29.4 Å². The highest BCUT2D eigenvalue weighted by Crippen LogP contribution is 2.23. The highest BCUT2D eigenvalue weighted by Gasteiger charge is 2.37. The van der Waals surface area contributed by atoms with E-state index in [4.69, 9.17) is 4.74 Å². The van der Waals surface area contributed by atoms with Crippen molar-refractivity contribution in [2.24, 2.45) is 0 Å². The number of nitrogens with one attached hydrogen (secondary N) is 1. The molecule has 0 saturated carbocycles. The molecule has 17 heavy (non-hydrogen) atoms. The molecule has 0 aliphatic carbocycles. The standard InChI is InChI=1S/C9H13BIN3O3/c1-10(16)14-4-6-5(12-9(11)13-6)3-7(14)8(15)17-2/h7,16H,3-4H2,1-2H3,(H,12,13)/t7-/m0/s1. The van der Waals surface area contributed by atoms with E-state index in [-0.39, 0.29) is 5.97 Å². The maximum absolute atomic E-state index is 11.7. The first-order valence-electron chi connectivity index (χ1n) is 5.27. The zero-order valence-electron chi connectivity index (χ0n) is 9.61. The Morgan fingerprint density at radius 1 is 1.76 bits per heavy atom. The van der Waals surface area contributed by atoms with E-state index in [2.05, 4.69) is 32.6 Å². The van der Waals surface area contributed by atoms with Crippen LogP contribution in [0.15, 0.2) is 0 Å². The van der Waals surface area contributed by atoms with Crippen molar-refractivity contribution in [3.8, 4) is 0 Å². The molecule has 0 aromatic carbocycles. The lowest BCUT2D eigenvalue weighted by atomic mass is 9.80. The lowest BCUT2D eigenvalue weighted by Crippen LogP contribution is -2.52. The van der Waals surface area contributed by atoms with Gasteiger partial charge >= 0.3 is 13.0 Å². The highest BCUT2D eigenvalue weighted by atomic mass is 127. The Hall–Kier alpha value is -0.605. The molecule has 1 atom stereocenters. The molecule has 2 N–H and O–H groups in total. The number of carbonyl (C=O) groups is 1. The molecule has 0 radical (unpaired) electrons. The SMILES string of the molecule is COC(=O)[C@@H]1Cc2nc(I)[nH]c2CN1B(C)O. The van der Waals surface area contributed by atoms with Crippen molar-refractivity contribution in [1.82, 2.24) is 14.8 Å². The molecule has 6 nitrogen and oxygen atoms in total. The quantitative estimate of drug-likeness (QED) is 0.447. The molecule has 1 aliphatic heterocycles. The van der Waals surface area contributed by atoms with Gasteiger partial charge in [-0.3, -0.25) is 9.61 Å². The molecule has 0 amide bonds. The van der Waals surface area contributed by atoms with E-state index < -0.39 is 13.1 Å². The van der Waals surface area contributed by atoms with Crippen LogP contribution in [-0.2, 0) is 22.5 Å². The molecular formula is C9H13BIN3O3. The largest absolute Gasteiger partial charge is 0.468 e. The van der Waals surface area contributed by atoms with Crippen LogP contribution in [0.25, 0.3) is 0 Å². The second kappa shape index (κ2) is 4.95. The predicted molar refractivity (Wildman–Crippen MR) is 70.2 cm³/mol. The summed E-state index contributed by atoms with van der Waals surface area (Å²) >= 11 is 2.10. The summed E-state index contributed by atoms with van der Waals surface area (Å²) in [5.74, 6) is -0.338. The Morgan fingerprint density at radius 3 is 3.06 bits per heavy atom. The topological polar surface area (TPSA) is 78.5 Å². The molecular weight excluding hydrogens is 336 g/mol. The third-order valence-electron chi connectivity index (χ3n) is 2.92. The zero-order valence-corrected chi connectivity index (χ0v) is 11.8. The van der Waals surface area contributed by atoms with Gasteiger partial charge < -0.3 is 14.7 Å². The minimum absolute atomic E-state index is 0.338. The molecule has 0 unspecified atom stereocenters. The van der Waals surface area contributed by atoms with E-state index in [0.29, 0.717) is 13.0 Å². The molecule has 0 fully saturated rings. The maximum Gasteiger partial charge on any atom is 0.377 e. The van der Waals surface area contributed by atoms with E-state index in [1.165, 1.54) is 7.11 Å². The van der Waals surface area contributed by atoms with Crippen LogP contribution in [0.3, 0.4) is 0 Å². The fraction of sp³-hybridized carbons (Fsp3) is 0.556. The lowest BCUT2D eigenvalue weighted by Gasteiger charge is -2.33. The monoisotopic (exact) mass is 349 g/mol. The summed E-state index contributed by atoms with van der Waals surface area (Å²) in [5, 5.41) is 9.71. The Labute approximate surface area is 113 Å². The minimum Gasteiger partial charge on any atom is -0.468 e. The van der Waals surface area contributed by atoms with Gasteiger partial charge in [0, 0.05) is 13.0 Å². The normalized spacial score (nSPS) is 19.9. The van der Waals surface area contributed by atoms with Crippen LogP contribution < -0.4 is 0 Å². The first-order valence-corrected chi connectivity index (χ1v) is 6.35. The summed E-state index contributed by atoms with van der Waals surface area (Å²) in [7, 11) is 0.653. The van der Waals surface area contributed by atoms with E-state index in [1.54, 1.807) is 11.6 Å². The van der Waals surface area contributed by atoms with Gasteiger partial charge in [0.2, 0.25) is 0 Å². The maximum atomic E-state index is 11.7. The number of esters is 1. The first kappa shape index (κ1) is 12.8. The number of nitrogens with zero attached hydrogens (tertiary/aromatic N) is 2. The fourth-order valence-corrected chi connectivity index (χ4v) is 2.67. The van der Waals surface area contributed by atoms with Crippen molar-refractivity contribution in [2.45, 2.75) is 25.8 Å². The molecule has 0 bridgehead atoms. The summed E-state index contributed by atoms with van der Waals surface area (Å²) in [5.41, 5.74) is 1.83. The van der Waals surface area contributed by atoms with Crippen LogP contribution in [-0.4, -0.2) is 46.0 Å². The van der Waals surface area contributed by atoms with Crippen LogP contribution in [0.4, 0.5) is 0 Å². The zero-order chi connectivity index (χ0) is 12.6. The highest BCUT2D eigenvalue weighted by molar-refractivity contribution is 14.1. The summed E-state index contributed by atoms with van der Waals surface area (Å²) in [6.07, 6.45) is 0.465. The summed E-state index contributed by atoms with van der Waals surface area (Å²) in [6.45, 7) is 2.12. The number of methoxy groups -OCH3 is 1. The smallest absolute Gasteiger partial charge is 0.377 e.